The average Bonchev–Trinajstić information content (AvgIpc) is 2.67. The molecule has 1 saturated heterocycles. The summed E-state index contributed by atoms with van der Waals surface area (Å²) in [6.45, 7) is 7.38. The second kappa shape index (κ2) is 10.9. The van der Waals surface area contributed by atoms with Crippen LogP contribution in [0.4, 0.5) is 0 Å². The van der Waals surface area contributed by atoms with Gasteiger partial charge in [0.1, 0.15) is 6.54 Å². The third-order valence-electron chi connectivity index (χ3n) is 4.91. The van der Waals surface area contributed by atoms with Crippen molar-refractivity contribution in [2.24, 2.45) is 4.99 Å². The fraction of sp³-hybridized carbons (Fsp3) is 0.650. The number of hydrogen-bond donors (Lipinski definition) is 2. The lowest BCUT2D eigenvalue weighted by Gasteiger charge is -2.33. The molecule has 1 aromatic rings. The van der Waals surface area contributed by atoms with E-state index >= 15 is 0 Å². The maximum atomic E-state index is 11.9. The number of carbonyl (C=O) groups is 1. The molecule has 7 heteroatoms. The molecule has 1 aliphatic heterocycles. The lowest BCUT2D eigenvalue weighted by atomic mass is 10.0. The number of aromatic nitrogens is 1. The normalized spacial score (nSPS) is 17.4. The Morgan fingerprint density at radius 2 is 2.11 bits per heavy atom. The number of likely N-dealkylation sites (N-methyl/N-ethyl adjacent to an activating group) is 1. The molecule has 1 amide bonds. The van der Waals surface area contributed by atoms with Gasteiger partial charge < -0.3 is 15.5 Å². The molecule has 7 nitrogen and oxygen atoms in total. The Balaban J connectivity index is 1.86. The van der Waals surface area contributed by atoms with Gasteiger partial charge in [0.2, 0.25) is 5.91 Å². The minimum Gasteiger partial charge on any atom is -0.354 e. The Morgan fingerprint density at radius 3 is 2.70 bits per heavy atom. The minimum absolute atomic E-state index is 0.00503. The number of pyridine rings is 1. The van der Waals surface area contributed by atoms with Crippen LogP contribution in [0.1, 0.15) is 38.8 Å². The van der Waals surface area contributed by atoms with E-state index < -0.39 is 0 Å². The molecule has 2 rings (SSSR count). The van der Waals surface area contributed by atoms with Crippen LogP contribution in [0, 0.1) is 0 Å². The maximum Gasteiger partial charge on any atom is 0.243 e. The third-order valence-corrected chi connectivity index (χ3v) is 4.91. The molecule has 0 spiro atoms. The number of amides is 1. The highest BCUT2D eigenvalue weighted by molar-refractivity contribution is 5.85. The molecule has 2 N–H and O–H groups in total. The minimum atomic E-state index is 0.00503. The van der Waals surface area contributed by atoms with Gasteiger partial charge in [0.05, 0.1) is 5.69 Å². The van der Waals surface area contributed by atoms with E-state index in [4.69, 9.17) is 0 Å². The molecule has 1 aromatic heterocycles. The molecule has 1 atom stereocenters. The third kappa shape index (κ3) is 7.54. The predicted molar refractivity (Wildman–Crippen MR) is 110 cm³/mol. The number of hydrogen-bond acceptors (Lipinski definition) is 4. The van der Waals surface area contributed by atoms with Crippen LogP contribution in [0.5, 0.6) is 0 Å². The first kappa shape index (κ1) is 21.2. The van der Waals surface area contributed by atoms with Gasteiger partial charge >= 0.3 is 0 Å². The average molecular weight is 375 g/mol. The summed E-state index contributed by atoms with van der Waals surface area (Å²) in [5.41, 5.74) is 1.12. The van der Waals surface area contributed by atoms with Crippen molar-refractivity contribution in [3.8, 4) is 0 Å². The molecule has 2 heterocycles. The summed E-state index contributed by atoms with van der Waals surface area (Å²) in [5, 5.41) is 6.93. The van der Waals surface area contributed by atoms with Gasteiger partial charge in [-0.05, 0) is 38.3 Å². The zero-order chi connectivity index (χ0) is 19.6. The van der Waals surface area contributed by atoms with Crippen molar-refractivity contribution in [1.29, 1.82) is 0 Å². The van der Waals surface area contributed by atoms with Gasteiger partial charge in [-0.25, -0.2) is 4.99 Å². The van der Waals surface area contributed by atoms with Crippen LogP contribution in [0.2, 0.25) is 0 Å². The first-order valence-corrected chi connectivity index (χ1v) is 9.87. The Kier molecular flexibility index (Phi) is 8.51. The van der Waals surface area contributed by atoms with E-state index in [2.05, 4.69) is 45.4 Å². The van der Waals surface area contributed by atoms with Crippen molar-refractivity contribution in [2.45, 2.75) is 51.7 Å². The molecule has 1 aliphatic rings. The molecule has 0 saturated carbocycles. The summed E-state index contributed by atoms with van der Waals surface area (Å²) < 4.78 is 0. The Morgan fingerprint density at radius 1 is 1.37 bits per heavy atom. The number of piperidine rings is 1. The van der Waals surface area contributed by atoms with Gasteiger partial charge in [-0.2, -0.15) is 0 Å². The number of guanidine groups is 1. The first-order chi connectivity index (χ1) is 13.0. The van der Waals surface area contributed by atoms with Gasteiger partial charge in [0, 0.05) is 52.0 Å². The number of nitrogens with zero attached hydrogens (tertiary/aromatic N) is 4. The van der Waals surface area contributed by atoms with Crippen LogP contribution in [0.3, 0.4) is 0 Å². The number of likely N-dealkylation sites (tertiary alicyclic amines) is 1. The smallest absolute Gasteiger partial charge is 0.243 e. The summed E-state index contributed by atoms with van der Waals surface area (Å²) in [6, 6.07) is 6.75. The van der Waals surface area contributed by atoms with Gasteiger partial charge in [0.15, 0.2) is 5.96 Å². The van der Waals surface area contributed by atoms with Crippen molar-refractivity contribution in [3.05, 3.63) is 30.1 Å². The quantitative estimate of drug-likeness (QED) is 0.559. The van der Waals surface area contributed by atoms with Crippen LogP contribution in [0.25, 0.3) is 0 Å². The molecule has 0 aromatic carbocycles. The highest BCUT2D eigenvalue weighted by Gasteiger charge is 2.21. The highest BCUT2D eigenvalue weighted by atomic mass is 16.2. The van der Waals surface area contributed by atoms with E-state index in [9.17, 15) is 4.79 Å². The number of carbonyl (C=O) groups excluding carboxylic acids is 1. The predicted octanol–water partition coefficient (Wildman–Crippen LogP) is 1.47. The fourth-order valence-corrected chi connectivity index (χ4v) is 2.91. The Bertz CT molecular complexity index is 596. The molecule has 1 fully saturated rings. The van der Waals surface area contributed by atoms with Crippen LogP contribution < -0.4 is 10.6 Å². The lowest BCUT2D eigenvalue weighted by molar-refractivity contribution is -0.127. The van der Waals surface area contributed by atoms with E-state index in [1.54, 1.807) is 19.0 Å². The van der Waals surface area contributed by atoms with Crippen LogP contribution >= 0.6 is 0 Å². The standard InChI is InChI=1S/C20H34N6O/c1-5-16(2)23-20(22-14-19(27)25(3)4)24-17-9-12-26(13-10-17)15-18-8-6-7-11-21-18/h6-8,11,16-17H,5,9-10,12-15H2,1-4H3,(H2,22,23,24). The molecule has 27 heavy (non-hydrogen) atoms. The fourth-order valence-electron chi connectivity index (χ4n) is 2.91. The lowest BCUT2D eigenvalue weighted by Crippen LogP contribution is -2.50. The molecule has 0 bridgehead atoms. The Labute approximate surface area is 163 Å². The van der Waals surface area contributed by atoms with Crippen LogP contribution in [0.15, 0.2) is 29.4 Å². The molecule has 0 radical (unpaired) electrons. The summed E-state index contributed by atoms with van der Waals surface area (Å²) >= 11 is 0. The van der Waals surface area contributed by atoms with Gasteiger partial charge in [0.25, 0.3) is 0 Å². The molecule has 150 valence electrons. The molecule has 1 unspecified atom stereocenters. The number of rotatable bonds is 7. The topological polar surface area (TPSA) is 72.9 Å². The van der Waals surface area contributed by atoms with Crippen LogP contribution in [-0.4, -0.2) is 72.5 Å². The van der Waals surface area contributed by atoms with Gasteiger partial charge in [-0.1, -0.05) is 13.0 Å². The highest BCUT2D eigenvalue weighted by Crippen LogP contribution is 2.13. The summed E-state index contributed by atoms with van der Waals surface area (Å²) in [6.07, 6.45) is 4.96. The van der Waals surface area contributed by atoms with Crippen molar-refractivity contribution in [2.75, 3.05) is 33.7 Å². The summed E-state index contributed by atoms with van der Waals surface area (Å²) in [7, 11) is 3.51. The van der Waals surface area contributed by atoms with Crippen LogP contribution in [-0.2, 0) is 11.3 Å². The van der Waals surface area contributed by atoms with E-state index in [1.807, 2.05) is 18.3 Å². The zero-order valence-corrected chi connectivity index (χ0v) is 17.1. The second-order valence-corrected chi connectivity index (χ2v) is 7.42. The number of nitrogens with one attached hydrogen (secondary N) is 2. The summed E-state index contributed by atoms with van der Waals surface area (Å²) in [4.78, 5) is 24.8. The summed E-state index contributed by atoms with van der Waals surface area (Å²) in [5.74, 6) is 0.744. The maximum absolute atomic E-state index is 11.9. The van der Waals surface area contributed by atoms with Crippen molar-refractivity contribution in [1.82, 2.24) is 25.4 Å². The zero-order valence-electron chi connectivity index (χ0n) is 17.1. The number of aliphatic imine (C=N–C) groups is 1. The second-order valence-electron chi connectivity index (χ2n) is 7.42. The monoisotopic (exact) mass is 374 g/mol. The van der Waals surface area contributed by atoms with Crippen molar-refractivity contribution in [3.63, 3.8) is 0 Å². The van der Waals surface area contributed by atoms with Gasteiger partial charge in [-0.3, -0.25) is 14.7 Å². The van der Waals surface area contributed by atoms with E-state index in [1.165, 1.54) is 0 Å². The first-order valence-electron chi connectivity index (χ1n) is 9.87. The van der Waals surface area contributed by atoms with Crippen molar-refractivity contribution >= 4 is 11.9 Å². The molecular formula is C20H34N6O. The largest absolute Gasteiger partial charge is 0.354 e. The van der Waals surface area contributed by atoms with E-state index in [0.29, 0.717) is 12.1 Å². The van der Waals surface area contributed by atoms with Gasteiger partial charge in [-0.15, -0.1) is 0 Å². The van der Waals surface area contributed by atoms with E-state index in [-0.39, 0.29) is 12.5 Å². The Hall–Kier alpha value is -2.15. The molecule has 0 aliphatic carbocycles. The van der Waals surface area contributed by atoms with E-state index in [0.717, 1.165) is 50.6 Å². The molecular weight excluding hydrogens is 340 g/mol. The van der Waals surface area contributed by atoms with Crippen molar-refractivity contribution < 1.29 is 4.79 Å². The SMILES string of the molecule is CCC(C)NC(=NCC(=O)N(C)C)NC1CCN(Cc2ccccn2)CC1.